The first-order valence-electron chi connectivity index (χ1n) is 11.0. The van der Waals surface area contributed by atoms with E-state index >= 15 is 0 Å². The second-order valence-electron chi connectivity index (χ2n) is 8.02. The summed E-state index contributed by atoms with van der Waals surface area (Å²) in [6.07, 6.45) is 0. The smallest absolute Gasteiger partial charge is 0.292 e. The number of morpholine rings is 1. The number of rotatable bonds is 5. The normalized spacial score (nSPS) is 14.6. The van der Waals surface area contributed by atoms with Crippen LogP contribution in [-0.2, 0) is 11.4 Å². The molecule has 34 heavy (non-hydrogen) atoms. The first-order chi connectivity index (χ1) is 16.8. The second-order valence-corrected chi connectivity index (χ2v) is 8.36. The van der Waals surface area contributed by atoms with E-state index in [0.717, 1.165) is 48.7 Å². The van der Waals surface area contributed by atoms with Crippen molar-refractivity contribution in [3.8, 4) is 33.8 Å². The zero-order chi connectivity index (χ0) is 22.9. The summed E-state index contributed by atoms with van der Waals surface area (Å²) >= 11 is 5.54. The highest BCUT2D eigenvalue weighted by molar-refractivity contribution is 7.71. The lowest BCUT2D eigenvalue weighted by molar-refractivity contribution is -0.931. The largest absolute Gasteiger partial charge is 0.409 e. The fraction of sp³-hybridized carbons (Fsp3) is 0.217. The Morgan fingerprint density at radius 2 is 1.59 bits per heavy atom. The highest BCUT2D eigenvalue weighted by Gasteiger charge is 2.26. The molecule has 10 nitrogen and oxygen atoms in total. The van der Waals surface area contributed by atoms with Gasteiger partial charge in [0.1, 0.15) is 18.8 Å². The monoisotopic (exact) mass is 473 g/mol. The van der Waals surface area contributed by atoms with E-state index in [4.69, 9.17) is 31.6 Å². The number of tetrazole rings is 1. The maximum absolute atomic E-state index is 6.06. The zero-order valence-corrected chi connectivity index (χ0v) is 19.0. The van der Waals surface area contributed by atoms with Crippen molar-refractivity contribution < 1.29 is 14.1 Å². The molecular weight excluding hydrogens is 452 g/mol. The van der Waals surface area contributed by atoms with E-state index < -0.39 is 0 Å². The SMILES string of the molecule is S=c1oc(-c2c(-c3ccccc3)c(-c3ccccc3)nn3nnnc23)nn1C[NH+]1CCOCC1. The number of hydrogen-bond acceptors (Lipinski definition) is 8. The summed E-state index contributed by atoms with van der Waals surface area (Å²) in [5.74, 6) is 0.357. The number of nitrogens with zero attached hydrogens (tertiary/aromatic N) is 7. The Labute approximate surface area is 199 Å². The molecule has 11 heteroatoms. The van der Waals surface area contributed by atoms with E-state index in [1.807, 2.05) is 60.7 Å². The lowest BCUT2D eigenvalue weighted by Crippen LogP contribution is -3.13. The molecule has 6 rings (SSSR count). The van der Waals surface area contributed by atoms with Gasteiger partial charge in [-0.2, -0.15) is 4.68 Å². The molecule has 0 aliphatic carbocycles. The van der Waals surface area contributed by atoms with Crippen LogP contribution in [-0.4, -0.2) is 61.3 Å². The van der Waals surface area contributed by atoms with E-state index in [2.05, 4.69) is 15.5 Å². The van der Waals surface area contributed by atoms with Crippen LogP contribution in [0.25, 0.3) is 39.5 Å². The van der Waals surface area contributed by atoms with Gasteiger partial charge in [0.25, 0.3) is 10.7 Å². The van der Waals surface area contributed by atoms with Gasteiger partial charge < -0.3 is 14.1 Å². The fourth-order valence-corrected chi connectivity index (χ4v) is 4.38. The molecule has 1 fully saturated rings. The van der Waals surface area contributed by atoms with Crippen molar-refractivity contribution in [1.82, 2.24) is 35.0 Å². The van der Waals surface area contributed by atoms with Gasteiger partial charge in [-0.3, -0.25) is 0 Å². The summed E-state index contributed by atoms with van der Waals surface area (Å²) in [5.41, 5.74) is 4.51. The van der Waals surface area contributed by atoms with Crippen LogP contribution in [0, 0.1) is 4.84 Å². The molecule has 5 aromatic rings. The Balaban J connectivity index is 1.58. The molecule has 0 radical (unpaired) electrons. The minimum atomic E-state index is 0.303. The average molecular weight is 474 g/mol. The maximum atomic E-state index is 6.06. The summed E-state index contributed by atoms with van der Waals surface area (Å²) in [6.45, 7) is 3.84. The predicted molar refractivity (Wildman–Crippen MR) is 125 cm³/mol. The van der Waals surface area contributed by atoms with Crippen molar-refractivity contribution in [1.29, 1.82) is 0 Å². The third kappa shape index (κ3) is 3.79. The van der Waals surface area contributed by atoms with E-state index in [0.29, 0.717) is 28.6 Å². The number of ether oxygens (including phenoxy) is 1. The van der Waals surface area contributed by atoms with Gasteiger partial charge in [0, 0.05) is 11.1 Å². The summed E-state index contributed by atoms with van der Waals surface area (Å²) in [5, 5.41) is 21.7. The zero-order valence-electron chi connectivity index (χ0n) is 18.2. The van der Waals surface area contributed by atoms with Gasteiger partial charge in [-0.05, 0) is 28.2 Å². The van der Waals surface area contributed by atoms with Gasteiger partial charge in [-0.25, -0.2) is 0 Å². The molecule has 0 bridgehead atoms. The van der Waals surface area contributed by atoms with Crippen LogP contribution in [0.5, 0.6) is 0 Å². The van der Waals surface area contributed by atoms with Crippen molar-refractivity contribution in [2.24, 2.45) is 0 Å². The lowest BCUT2D eigenvalue weighted by atomic mass is 9.95. The van der Waals surface area contributed by atoms with Gasteiger partial charge in [-0.1, -0.05) is 60.7 Å². The average Bonchev–Trinajstić information content (AvgIpc) is 3.51. The van der Waals surface area contributed by atoms with Crippen LogP contribution in [0.15, 0.2) is 65.1 Å². The van der Waals surface area contributed by atoms with Crippen LogP contribution in [0.4, 0.5) is 0 Å². The van der Waals surface area contributed by atoms with Gasteiger partial charge >= 0.3 is 0 Å². The Bertz CT molecular complexity index is 1490. The Morgan fingerprint density at radius 3 is 2.32 bits per heavy atom. The molecule has 4 heterocycles. The third-order valence-electron chi connectivity index (χ3n) is 5.86. The van der Waals surface area contributed by atoms with E-state index in [1.165, 1.54) is 9.53 Å². The topological polar surface area (TPSA) is 101 Å². The Kier molecular flexibility index (Phi) is 5.41. The van der Waals surface area contributed by atoms with Crippen LogP contribution in [0.3, 0.4) is 0 Å². The summed E-state index contributed by atoms with van der Waals surface area (Å²) in [4.78, 5) is 1.64. The quantitative estimate of drug-likeness (QED) is 0.387. The van der Waals surface area contributed by atoms with Crippen molar-refractivity contribution in [3.63, 3.8) is 0 Å². The van der Waals surface area contributed by atoms with Crippen molar-refractivity contribution in [2.45, 2.75) is 6.67 Å². The van der Waals surface area contributed by atoms with Gasteiger partial charge in [0.2, 0.25) is 5.65 Å². The van der Waals surface area contributed by atoms with Crippen molar-refractivity contribution in [3.05, 3.63) is 65.5 Å². The molecule has 0 saturated carbocycles. The van der Waals surface area contributed by atoms with E-state index in [1.54, 1.807) is 4.68 Å². The molecular formula is C23H21N8O2S+. The van der Waals surface area contributed by atoms with E-state index in [9.17, 15) is 0 Å². The van der Waals surface area contributed by atoms with Gasteiger partial charge in [-0.15, -0.1) is 19.9 Å². The van der Waals surface area contributed by atoms with Crippen molar-refractivity contribution >= 4 is 17.9 Å². The number of hydrogen-bond donors (Lipinski definition) is 1. The highest BCUT2D eigenvalue weighted by atomic mass is 32.1. The number of aromatic nitrogens is 7. The molecule has 0 amide bonds. The molecule has 1 saturated heterocycles. The summed E-state index contributed by atoms with van der Waals surface area (Å²) < 4.78 is 14.7. The molecule has 1 N–H and O–H groups in total. The first kappa shape index (κ1) is 20.8. The first-order valence-corrected chi connectivity index (χ1v) is 11.4. The maximum Gasteiger partial charge on any atom is 0.292 e. The minimum absolute atomic E-state index is 0.303. The highest BCUT2D eigenvalue weighted by Crippen LogP contribution is 2.39. The number of quaternary nitrogens is 1. The Morgan fingerprint density at radius 1 is 0.882 bits per heavy atom. The Hall–Kier alpha value is -3.80. The van der Waals surface area contributed by atoms with Gasteiger partial charge in [0.05, 0.1) is 18.8 Å². The molecule has 3 aromatic heterocycles. The van der Waals surface area contributed by atoms with Crippen LogP contribution < -0.4 is 4.90 Å². The standard InChI is InChI=1S/C23H20N8O2S/c34-23-30(15-29-11-13-32-14-12-29)26-22(33-23)19-18(16-7-3-1-4-8-16)20(17-9-5-2-6-10-17)25-31-21(19)24-27-28-31/h1-10H,11-15H2/p+1. The van der Waals surface area contributed by atoms with Crippen molar-refractivity contribution in [2.75, 3.05) is 26.3 Å². The van der Waals surface area contributed by atoms with Crippen LogP contribution >= 0.6 is 12.2 Å². The molecule has 0 atom stereocenters. The molecule has 0 spiro atoms. The van der Waals surface area contributed by atoms with E-state index in [-0.39, 0.29) is 0 Å². The van der Waals surface area contributed by atoms with Crippen LogP contribution in [0.2, 0.25) is 0 Å². The second kappa shape index (κ2) is 8.86. The molecule has 1 aliphatic rings. The lowest BCUT2D eigenvalue weighted by Gasteiger charge is -2.22. The predicted octanol–water partition coefficient (Wildman–Crippen LogP) is 1.91. The molecule has 1 aliphatic heterocycles. The number of benzene rings is 2. The van der Waals surface area contributed by atoms with Crippen LogP contribution in [0.1, 0.15) is 0 Å². The number of nitrogens with one attached hydrogen (secondary N) is 1. The fourth-order valence-electron chi connectivity index (χ4n) is 4.20. The minimum Gasteiger partial charge on any atom is -0.409 e. The summed E-state index contributed by atoms with van der Waals surface area (Å²) in [7, 11) is 0. The molecule has 170 valence electrons. The van der Waals surface area contributed by atoms with Gasteiger partial charge in [0.15, 0.2) is 6.67 Å². The summed E-state index contributed by atoms with van der Waals surface area (Å²) in [6, 6.07) is 19.9. The molecule has 0 unspecified atom stereocenters. The number of fused-ring (bicyclic) bond motifs is 1. The third-order valence-corrected chi connectivity index (χ3v) is 6.16. The molecule has 2 aromatic carbocycles.